The summed E-state index contributed by atoms with van der Waals surface area (Å²) in [5.74, 6) is -0.266. The van der Waals surface area contributed by atoms with Gasteiger partial charge < -0.3 is 10.5 Å². The number of hydrogen-bond donors (Lipinski definition) is 0. The Morgan fingerprint density at radius 3 is 2.22 bits per heavy atom. The van der Waals surface area contributed by atoms with Crippen molar-refractivity contribution in [1.29, 1.82) is 0 Å². The molecule has 4 rings (SSSR count). The molecule has 0 heterocycles. The normalized spacial score (nSPS) is 13.5. The van der Waals surface area contributed by atoms with Crippen LogP contribution >= 0.6 is 18.6 Å². The number of halogens is 2. The first kappa shape index (κ1) is 24.5. The van der Waals surface area contributed by atoms with Crippen molar-refractivity contribution < 1.29 is 21.8 Å². The maximum Gasteiger partial charge on any atom is 0.0519 e. The van der Waals surface area contributed by atoms with E-state index in [1.807, 2.05) is 6.07 Å². The molecule has 1 radical (unpaired) electrons. The Morgan fingerprint density at radius 2 is 1.67 bits per heavy atom. The molecule has 1 amide bonds. The first-order chi connectivity index (χ1) is 13.1. The van der Waals surface area contributed by atoms with Crippen LogP contribution in [-0.4, -0.2) is 15.4 Å². The topological polar surface area (TPSA) is 40.9 Å². The molecule has 1 N–H and O–H groups in total. The summed E-state index contributed by atoms with van der Waals surface area (Å²) in [6.07, 6.45) is 5.27. The van der Waals surface area contributed by atoms with Gasteiger partial charge in [0.05, 0.1) is 5.91 Å². The average Bonchev–Trinajstić information content (AvgIpc) is 3.32. The minimum atomic E-state index is -0.556. The first-order valence-electron chi connectivity index (χ1n) is 9.12. The van der Waals surface area contributed by atoms with Crippen LogP contribution < -0.4 is 0 Å². The molecule has 145 valence electrons. The third-order valence-corrected chi connectivity index (χ3v) is 4.34. The zero-order valence-electron chi connectivity index (χ0n) is 15.9. The fourth-order valence-corrected chi connectivity index (χ4v) is 3.19. The summed E-state index contributed by atoms with van der Waals surface area (Å²) in [4.78, 5) is 10.3. The predicted molar refractivity (Wildman–Crippen MR) is 115 cm³/mol. The molecule has 0 atom stereocenters. The molecule has 0 bridgehead atoms. The molecule has 6 heteroatoms. The number of rotatable bonds is 1. The molecule has 2 aromatic carbocycles. The second-order valence-electron chi connectivity index (χ2n) is 6.39. The van der Waals surface area contributed by atoms with Crippen LogP contribution in [0.5, 0.6) is 0 Å². The van der Waals surface area contributed by atoms with Crippen LogP contribution in [0, 0.1) is 12.0 Å². The van der Waals surface area contributed by atoms with Gasteiger partial charge in [-0.3, -0.25) is 0 Å². The number of nitrogens with one attached hydrogen (secondary N) is 1. The summed E-state index contributed by atoms with van der Waals surface area (Å²) in [7, 11) is 10.5. The Hall–Kier alpha value is -0.579. The minimum absolute atomic E-state index is 0.0926. The monoisotopic (exact) mass is 454 g/mol. The molecule has 0 spiro atoms. The molecule has 2 nitrogen and oxygen atoms in total. The van der Waals surface area contributed by atoms with Gasteiger partial charge in [-0.2, -0.15) is 29.8 Å². The maximum atomic E-state index is 10.3. The van der Waals surface area contributed by atoms with E-state index in [-0.39, 0.29) is 11.8 Å². The largest absolute Gasteiger partial charge is 0.668 e. The van der Waals surface area contributed by atoms with E-state index in [9.17, 15) is 4.79 Å². The van der Waals surface area contributed by atoms with Crippen molar-refractivity contribution in [2.75, 3.05) is 0 Å². The quantitative estimate of drug-likeness (QED) is 0.297. The van der Waals surface area contributed by atoms with Crippen LogP contribution in [-0.2, 0) is 28.2 Å². The van der Waals surface area contributed by atoms with Gasteiger partial charge in [-0.1, -0.05) is 61.3 Å². The minimum Gasteiger partial charge on any atom is -0.668 e. The van der Waals surface area contributed by atoms with Gasteiger partial charge in [0.25, 0.3) is 0 Å². The molecule has 1 fully saturated rings. The van der Waals surface area contributed by atoms with Crippen molar-refractivity contribution in [2.45, 2.75) is 45.2 Å². The molecule has 2 aliphatic carbocycles. The van der Waals surface area contributed by atoms with Gasteiger partial charge in [0.2, 0.25) is 0 Å². The van der Waals surface area contributed by atoms with E-state index in [0.29, 0.717) is 0 Å². The number of carbonyl (C=O) groups excluding carboxylic acids is 1. The SMILES string of the molecule is C[SiH]C.[Cl][Ti][Cl].[NH-]C(=O)C1CCCC1.[c-]1cccc2c1Cc1ccccc1-2. The van der Waals surface area contributed by atoms with Gasteiger partial charge in [0, 0.05) is 15.4 Å². The Morgan fingerprint density at radius 1 is 1.11 bits per heavy atom. The van der Waals surface area contributed by atoms with Crippen molar-refractivity contribution in [3.05, 3.63) is 65.4 Å². The summed E-state index contributed by atoms with van der Waals surface area (Å²) >= 11 is -0.556. The van der Waals surface area contributed by atoms with Gasteiger partial charge in [0.15, 0.2) is 0 Å². The maximum absolute atomic E-state index is 10.3. The summed E-state index contributed by atoms with van der Waals surface area (Å²) in [6.45, 7) is 4.42. The Kier molecular flexibility index (Phi) is 13.1. The van der Waals surface area contributed by atoms with Crippen LogP contribution in [0.3, 0.4) is 0 Å². The zero-order valence-corrected chi connectivity index (χ0v) is 20.1. The first-order valence-corrected chi connectivity index (χ1v) is 15.7. The van der Waals surface area contributed by atoms with Gasteiger partial charge in [-0.25, -0.2) is 0 Å². The third-order valence-electron chi connectivity index (χ3n) is 4.34. The molecule has 1 saturated carbocycles. The van der Waals surface area contributed by atoms with E-state index >= 15 is 0 Å². The second-order valence-corrected chi connectivity index (χ2v) is 10.1. The van der Waals surface area contributed by atoms with Crippen LogP contribution in [0.25, 0.3) is 16.9 Å². The van der Waals surface area contributed by atoms with Gasteiger partial charge >= 0.3 is 35.6 Å². The van der Waals surface area contributed by atoms with E-state index in [0.717, 1.165) is 41.6 Å². The Labute approximate surface area is 182 Å². The number of fused-ring (bicyclic) bond motifs is 3. The second kappa shape index (κ2) is 14.4. The third kappa shape index (κ3) is 8.53. The van der Waals surface area contributed by atoms with E-state index in [4.69, 9.17) is 24.3 Å². The van der Waals surface area contributed by atoms with Crippen LogP contribution in [0.15, 0.2) is 42.5 Å². The molecular weight excluding hydrogens is 429 g/mol. The predicted octanol–water partition coefficient (Wildman–Crippen LogP) is 6.71. The fourth-order valence-electron chi connectivity index (χ4n) is 3.19. The van der Waals surface area contributed by atoms with Gasteiger partial charge in [-0.15, -0.1) is 5.56 Å². The number of hydrogen-bond acceptors (Lipinski definition) is 1. The smallest absolute Gasteiger partial charge is 0.0519 e. The molecule has 0 aromatic heterocycles. The van der Waals surface area contributed by atoms with Crippen molar-refractivity contribution in [2.24, 2.45) is 5.92 Å². The average molecular weight is 455 g/mol. The van der Waals surface area contributed by atoms with E-state index in [1.165, 1.54) is 22.3 Å². The van der Waals surface area contributed by atoms with Crippen LogP contribution in [0.2, 0.25) is 13.1 Å². The van der Waals surface area contributed by atoms with E-state index in [2.05, 4.69) is 55.6 Å². The Bertz CT molecular complexity index is 648. The molecule has 0 saturated heterocycles. The molecule has 2 aliphatic rings. The number of amides is 1. The molecule has 0 aliphatic heterocycles. The zero-order chi connectivity index (χ0) is 20.1. The van der Waals surface area contributed by atoms with Crippen molar-refractivity contribution in [1.82, 2.24) is 0 Å². The molecular formula is C21H26Cl2NOSiTi-2. The van der Waals surface area contributed by atoms with Gasteiger partial charge in [-0.05, 0) is 19.3 Å². The molecule has 2 aromatic rings. The van der Waals surface area contributed by atoms with Crippen LogP contribution in [0.4, 0.5) is 0 Å². The Balaban J connectivity index is 0.000000224. The summed E-state index contributed by atoms with van der Waals surface area (Å²) < 4.78 is 0. The van der Waals surface area contributed by atoms with E-state index in [1.54, 1.807) is 0 Å². The molecule has 27 heavy (non-hydrogen) atoms. The van der Waals surface area contributed by atoms with Gasteiger partial charge in [0.1, 0.15) is 0 Å². The summed E-state index contributed by atoms with van der Waals surface area (Å²) in [5.41, 5.74) is 12.2. The van der Waals surface area contributed by atoms with Crippen LogP contribution in [0.1, 0.15) is 36.8 Å². The summed E-state index contributed by atoms with van der Waals surface area (Å²) in [6, 6.07) is 18.1. The fraction of sp³-hybridized carbons (Fsp3) is 0.381. The number of benzene rings is 2. The van der Waals surface area contributed by atoms with E-state index < -0.39 is 17.0 Å². The standard InChI is InChI=1S/C13H9.C6H11NO.C2H7Si.2ClH.Ti/c1-3-7-12-10(5-1)9-11-6-2-4-8-13(11)12;7-6(8)5-3-1-2-4-5;1-3-2;;;/h1-5,7-8H,9H2;5H,1-4H2,(H2,7,8);3H,1-2H3;2*1H;/q-1;;;;;+2/p-3. The van der Waals surface area contributed by atoms with Crippen molar-refractivity contribution in [3.63, 3.8) is 0 Å². The number of carbonyl (C=O) groups is 1. The summed E-state index contributed by atoms with van der Waals surface area (Å²) in [5, 5.41) is 0. The molecule has 0 unspecified atom stereocenters. The van der Waals surface area contributed by atoms with Crippen molar-refractivity contribution in [3.8, 4) is 11.1 Å². The van der Waals surface area contributed by atoms with Crippen molar-refractivity contribution >= 4 is 34.0 Å².